The van der Waals surface area contributed by atoms with Crippen LogP contribution in [0.1, 0.15) is 31.7 Å². The molecule has 1 aromatic rings. The first-order valence-corrected chi connectivity index (χ1v) is 8.46. The number of ether oxygens (including phenoxy) is 1. The van der Waals surface area contributed by atoms with Gasteiger partial charge in [0.25, 0.3) is 0 Å². The third kappa shape index (κ3) is 4.26. The molecular weight excluding hydrogens is 324 g/mol. The third-order valence-electron chi connectivity index (χ3n) is 3.72. The highest BCUT2D eigenvalue weighted by atomic mass is 79.9. The Balaban J connectivity index is 1.86. The molecule has 1 saturated heterocycles. The highest BCUT2D eigenvalue weighted by Crippen LogP contribution is 2.26. The number of rotatable bonds is 5. The normalized spacial score (nSPS) is 19.6. The zero-order valence-corrected chi connectivity index (χ0v) is 14.3. The molecule has 0 spiro atoms. The summed E-state index contributed by atoms with van der Waals surface area (Å²) in [6.45, 7) is 11.6. The average Bonchev–Trinajstić information content (AvgIpc) is 2.84. The highest BCUT2D eigenvalue weighted by molar-refractivity contribution is 9.10. The Kier molecular flexibility index (Phi) is 5.43. The van der Waals surface area contributed by atoms with Crippen molar-refractivity contribution >= 4 is 27.3 Å². The van der Waals surface area contributed by atoms with Crippen molar-refractivity contribution in [2.24, 2.45) is 0 Å². The van der Waals surface area contributed by atoms with Gasteiger partial charge in [0.05, 0.1) is 13.2 Å². The van der Waals surface area contributed by atoms with E-state index in [1.807, 2.05) is 0 Å². The lowest BCUT2D eigenvalue weighted by atomic mass is 10.0. The van der Waals surface area contributed by atoms with Crippen molar-refractivity contribution in [3.05, 3.63) is 20.8 Å². The van der Waals surface area contributed by atoms with E-state index in [4.69, 9.17) is 4.74 Å². The Bertz CT molecular complexity index is 402. The number of thiophene rings is 1. The smallest absolute Gasteiger partial charge is 0.0594 e. The van der Waals surface area contributed by atoms with Crippen LogP contribution in [0.5, 0.6) is 0 Å². The number of hydrogen-bond acceptors (Lipinski definition) is 4. The van der Waals surface area contributed by atoms with Crippen LogP contribution in [-0.4, -0.2) is 43.3 Å². The van der Waals surface area contributed by atoms with E-state index in [2.05, 4.69) is 58.4 Å². The van der Waals surface area contributed by atoms with Crippen LogP contribution in [0.25, 0.3) is 0 Å². The first-order chi connectivity index (χ1) is 8.99. The maximum Gasteiger partial charge on any atom is 0.0594 e. The summed E-state index contributed by atoms with van der Waals surface area (Å²) in [6, 6.07) is 2.60. The van der Waals surface area contributed by atoms with Crippen LogP contribution in [0.2, 0.25) is 0 Å². The summed E-state index contributed by atoms with van der Waals surface area (Å²) in [5.41, 5.74) is 0.173. The number of nitrogens with one attached hydrogen (secondary N) is 1. The van der Waals surface area contributed by atoms with Gasteiger partial charge in [0.1, 0.15) is 0 Å². The van der Waals surface area contributed by atoms with Gasteiger partial charge in [0.2, 0.25) is 0 Å². The molecule has 1 aromatic heterocycles. The molecule has 1 fully saturated rings. The fourth-order valence-corrected chi connectivity index (χ4v) is 3.82. The highest BCUT2D eigenvalue weighted by Gasteiger charge is 2.28. The second-order valence-electron chi connectivity index (χ2n) is 5.68. The molecule has 0 saturated carbocycles. The largest absolute Gasteiger partial charge is 0.379 e. The maximum absolute atomic E-state index is 5.43. The van der Waals surface area contributed by atoms with Crippen molar-refractivity contribution < 1.29 is 4.74 Å². The van der Waals surface area contributed by atoms with Gasteiger partial charge in [-0.1, -0.05) is 0 Å². The predicted molar refractivity (Wildman–Crippen MR) is 84.9 cm³/mol. The second kappa shape index (κ2) is 6.68. The fraction of sp³-hybridized carbons (Fsp3) is 0.714. The van der Waals surface area contributed by atoms with Crippen molar-refractivity contribution in [2.45, 2.75) is 32.4 Å². The molecular formula is C14H23BrN2OS. The van der Waals surface area contributed by atoms with Crippen molar-refractivity contribution in [1.29, 1.82) is 0 Å². The molecule has 5 heteroatoms. The van der Waals surface area contributed by atoms with Gasteiger partial charge in [-0.3, -0.25) is 4.90 Å². The van der Waals surface area contributed by atoms with E-state index in [0.717, 1.165) is 32.8 Å². The number of morpholine rings is 1. The molecule has 19 heavy (non-hydrogen) atoms. The quantitative estimate of drug-likeness (QED) is 0.885. The Labute approximate surface area is 128 Å². The Morgan fingerprint density at radius 3 is 2.74 bits per heavy atom. The monoisotopic (exact) mass is 346 g/mol. The van der Waals surface area contributed by atoms with Crippen LogP contribution < -0.4 is 5.32 Å². The van der Waals surface area contributed by atoms with E-state index in [1.54, 1.807) is 11.3 Å². The lowest BCUT2D eigenvalue weighted by molar-refractivity contribution is -0.0102. The van der Waals surface area contributed by atoms with Crippen LogP contribution in [0.15, 0.2) is 15.9 Å². The number of nitrogens with zero attached hydrogens (tertiary/aromatic N) is 1. The van der Waals surface area contributed by atoms with E-state index in [-0.39, 0.29) is 5.54 Å². The summed E-state index contributed by atoms with van der Waals surface area (Å²) in [5, 5.41) is 5.80. The SMILES string of the molecule is CC(NCC(C)(C)N1CCOCC1)c1cc(Br)cs1. The molecule has 108 valence electrons. The molecule has 0 bridgehead atoms. The Morgan fingerprint density at radius 2 is 2.16 bits per heavy atom. The van der Waals surface area contributed by atoms with Gasteiger partial charge < -0.3 is 10.1 Å². The van der Waals surface area contributed by atoms with Gasteiger partial charge in [-0.25, -0.2) is 0 Å². The number of hydrogen-bond donors (Lipinski definition) is 1. The maximum atomic E-state index is 5.43. The van der Waals surface area contributed by atoms with Crippen LogP contribution in [-0.2, 0) is 4.74 Å². The number of halogens is 1. The van der Waals surface area contributed by atoms with Crippen molar-refractivity contribution in [2.75, 3.05) is 32.8 Å². The first kappa shape index (κ1) is 15.4. The minimum atomic E-state index is 0.173. The summed E-state index contributed by atoms with van der Waals surface area (Å²) in [4.78, 5) is 3.89. The van der Waals surface area contributed by atoms with Gasteiger partial charge in [0.15, 0.2) is 0 Å². The van der Waals surface area contributed by atoms with Crippen molar-refractivity contribution in [3.63, 3.8) is 0 Å². The van der Waals surface area contributed by atoms with Gasteiger partial charge in [-0.15, -0.1) is 11.3 Å². The molecule has 1 N–H and O–H groups in total. The minimum Gasteiger partial charge on any atom is -0.379 e. The van der Waals surface area contributed by atoms with Gasteiger partial charge in [0, 0.05) is 45.9 Å². The molecule has 3 nitrogen and oxygen atoms in total. The topological polar surface area (TPSA) is 24.5 Å². The summed E-state index contributed by atoms with van der Waals surface area (Å²) in [5.74, 6) is 0. The predicted octanol–water partition coefficient (Wildman–Crippen LogP) is 3.27. The zero-order valence-electron chi connectivity index (χ0n) is 11.9. The Hall–Kier alpha value is 0.0600. The molecule has 1 aliphatic rings. The van der Waals surface area contributed by atoms with Gasteiger partial charge in [-0.2, -0.15) is 0 Å². The third-order valence-corrected chi connectivity index (χ3v) is 5.60. The summed E-state index contributed by atoms with van der Waals surface area (Å²) < 4.78 is 6.60. The van der Waals surface area contributed by atoms with Crippen LogP contribution in [0.4, 0.5) is 0 Å². The molecule has 0 aliphatic carbocycles. The van der Waals surface area contributed by atoms with E-state index in [1.165, 1.54) is 9.35 Å². The lowest BCUT2D eigenvalue weighted by Crippen LogP contribution is -2.54. The minimum absolute atomic E-state index is 0.173. The Morgan fingerprint density at radius 1 is 1.47 bits per heavy atom. The lowest BCUT2D eigenvalue weighted by Gasteiger charge is -2.41. The van der Waals surface area contributed by atoms with E-state index in [0.29, 0.717) is 6.04 Å². The van der Waals surface area contributed by atoms with Crippen LogP contribution in [0, 0.1) is 0 Å². The molecule has 0 aromatic carbocycles. The van der Waals surface area contributed by atoms with E-state index >= 15 is 0 Å². The van der Waals surface area contributed by atoms with E-state index < -0.39 is 0 Å². The first-order valence-electron chi connectivity index (χ1n) is 6.79. The molecule has 0 radical (unpaired) electrons. The molecule has 1 atom stereocenters. The summed E-state index contributed by atoms with van der Waals surface area (Å²) >= 11 is 5.31. The van der Waals surface area contributed by atoms with Gasteiger partial charge in [-0.05, 0) is 42.8 Å². The standard InChI is InChI=1S/C14H23BrN2OS/c1-11(13-8-12(15)9-19-13)16-10-14(2,3)17-4-6-18-7-5-17/h8-9,11,16H,4-7,10H2,1-3H3. The molecule has 0 amide bonds. The summed E-state index contributed by atoms with van der Waals surface area (Å²) in [6.07, 6.45) is 0. The molecule has 2 heterocycles. The molecule has 2 rings (SSSR count). The van der Waals surface area contributed by atoms with E-state index in [9.17, 15) is 0 Å². The van der Waals surface area contributed by atoms with Gasteiger partial charge >= 0.3 is 0 Å². The van der Waals surface area contributed by atoms with Crippen molar-refractivity contribution in [3.8, 4) is 0 Å². The average molecular weight is 347 g/mol. The molecule has 1 unspecified atom stereocenters. The second-order valence-corrected chi connectivity index (χ2v) is 7.54. The fourth-order valence-electron chi connectivity index (χ4n) is 2.34. The summed E-state index contributed by atoms with van der Waals surface area (Å²) in [7, 11) is 0. The van der Waals surface area contributed by atoms with Crippen LogP contribution in [0.3, 0.4) is 0 Å². The van der Waals surface area contributed by atoms with Crippen molar-refractivity contribution in [1.82, 2.24) is 10.2 Å². The van der Waals surface area contributed by atoms with Crippen LogP contribution >= 0.6 is 27.3 Å². The molecule has 1 aliphatic heterocycles. The zero-order chi connectivity index (χ0) is 13.9.